The van der Waals surface area contributed by atoms with Crippen LogP contribution in [0, 0.1) is 0 Å². The van der Waals surface area contributed by atoms with Gasteiger partial charge in [0.25, 0.3) is 0 Å². The van der Waals surface area contributed by atoms with Gasteiger partial charge in [0, 0.05) is 18.8 Å². The minimum absolute atomic E-state index is 0.190. The molecule has 0 amide bonds. The van der Waals surface area contributed by atoms with E-state index in [1.165, 1.54) is 24.7 Å². The van der Waals surface area contributed by atoms with Gasteiger partial charge in [-0.05, 0) is 24.3 Å². The third-order valence-corrected chi connectivity index (χ3v) is 4.72. The molecule has 0 bridgehead atoms. The summed E-state index contributed by atoms with van der Waals surface area (Å²) < 4.78 is 18.2. The van der Waals surface area contributed by atoms with Crippen LogP contribution in [0.2, 0.25) is 5.02 Å². The maximum Gasteiger partial charge on any atom is 0.235 e. The molecule has 18 heavy (non-hydrogen) atoms. The van der Waals surface area contributed by atoms with Gasteiger partial charge in [0.15, 0.2) is 0 Å². The first-order valence-corrected chi connectivity index (χ1v) is 7.57. The quantitative estimate of drug-likeness (QED) is 0.880. The highest BCUT2D eigenvalue weighted by molar-refractivity contribution is 7.66. The number of aromatic nitrogens is 2. The number of hydrogen-bond acceptors (Lipinski definition) is 4. The highest BCUT2D eigenvalue weighted by Gasteiger charge is 2.26. The Hall–Kier alpha value is -1.29. The van der Waals surface area contributed by atoms with E-state index in [2.05, 4.69) is 5.10 Å². The Morgan fingerprint density at radius 3 is 2.56 bits per heavy atom. The lowest BCUT2D eigenvalue weighted by atomic mass is 10.3. The first-order valence-electron chi connectivity index (χ1n) is 5.12. The summed E-state index contributed by atoms with van der Waals surface area (Å²) in [5.41, 5.74) is 0.624. The van der Waals surface area contributed by atoms with Crippen molar-refractivity contribution in [1.82, 2.24) is 9.78 Å². The molecule has 0 radical (unpaired) electrons. The van der Waals surface area contributed by atoms with Gasteiger partial charge in [-0.25, -0.2) is 4.68 Å². The van der Waals surface area contributed by atoms with Gasteiger partial charge >= 0.3 is 0 Å². The topological polar surface area (TPSA) is 64.3 Å². The minimum atomic E-state index is -3.03. The van der Waals surface area contributed by atoms with Crippen molar-refractivity contribution in [3.05, 3.63) is 35.5 Å². The van der Waals surface area contributed by atoms with Gasteiger partial charge in [0.05, 0.1) is 11.9 Å². The number of nitrogens with zero attached hydrogens (tertiary/aromatic N) is 2. The lowest BCUT2D eigenvalue weighted by Gasteiger charge is -2.09. The molecule has 0 fully saturated rings. The monoisotopic (exact) mass is 286 g/mol. The van der Waals surface area contributed by atoms with Crippen LogP contribution in [0.25, 0.3) is 5.69 Å². The molecule has 2 aromatic rings. The molecular formula is C11H12ClN2O3P. The van der Waals surface area contributed by atoms with E-state index in [0.717, 1.165) is 0 Å². The molecule has 0 aliphatic carbocycles. The maximum atomic E-state index is 12.0. The lowest BCUT2D eigenvalue weighted by molar-refractivity contribution is 0.403. The van der Waals surface area contributed by atoms with Crippen LogP contribution in [-0.2, 0) is 9.09 Å². The van der Waals surface area contributed by atoms with E-state index in [-0.39, 0.29) is 11.2 Å². The standard InChI is InChI=1S/C11H12ClN2O3P/c1-17-18(2,16)10-7-13-14(11(10)15)9-5-3-8(12)4-6-9/h3-7,15H,1-2H3. The molecule has 7 heteroatoms. The van der Waals surface area contributed by atoms with E-state index in [4.69, 9.17) is 16.1 Å². The molecule has 96 valence electrons. The van der Waals surface area contributed by atoms with Gasteiger partial charge in [-0.2, -0.15) is 5.10 Å². The van der Waals surface area contributed by atoms with E-state index in [0.29, 0.717) is 10.7 Å². The number of halogens is 1. The van der Waals surface area contributed by atoms with Crippen LogP contribution in [0.15, 0.2) is 30.5 Å². The lowest BCUT2D eigenvalue weighted by Crippen LogP contribution is -2.04. The first kappa shape index (κ1) is 13.1. The molecule has 0 spiro atoms. The molecule has 5 nitrogen and oxygen atoms in total. The van der Waals surface area contributed by atoms with Crippen LogP contribution in [-0.4, -0.2) is 28.7 Å². The molecule has 1 atom stereocenters. The molecule has 1 aromatic carbocycles. The van der Waals surface area contributed by atoms with Gasteiger partial charge in [0.1, 0.15) is 5.30 Å². The molecule has 0 saturated heterocycles. The smallest absolute Gasteiger partial charge is 0.235 e. The van der Waals surface area contributed by atoms with Crippen LogP contribution in [0.5, 0.6) is 5.88 Å². The fraction of sp³-hybridized carbons (Fsp3) is 0.182. The van der Waals surface area contributed by atoms with Crippen LogP contribution in [0.3, 0.4) is 0 Å². The van der Waals surface area contributed by atoms with Gasteiger partial charge in [-0.15, -0.1) is 0 Å². The number of aromatic hydroxyl groups is 1. The van der Waals surface area contributed by atoms with Gasteiger partial charge in [-0.3, -0.25) is 4.57 Å². The molecule has 1 aromatic heterocycles. The van der Waals surface area contributed by atoms with Crippen LogP contribution in [0.1, 0.15) is 0 Å². The zero-order chi connectivity index (χ0) is 13.3. The Labute approximate surface area is 109 Å². The summed E-state index contributed by atoms with van der Waals surface area (Å²) in [5.74, 6) is -0.190. The zero-order valence-corrected chi connectivity index (χ0v) is 11.5. The first-order chi connectivity index (χ1) is 8.45. The van der Waals surface area contributed by atoms with Gasteiger partial charge in [0.2, 0.25) is 13.2 Å². The second kappa shape index (κ2) is 4.76. The third kappa shape index (κ3) is 2.29. The zero-order valence-electron chi connectivity index (χ0n) is 9.87. The minimum Gasteiger partial charge on any atom is -0.493 e. The molecule has 2 rings (SSSR count). The SMILES string of the molecule is COP(C)(=O)c1cnn(-c2ccc(Cl)cc2)c1O. The Bertz CT molecular complexity index is 609. The van der Waals surface area contributed by atoms with E-state index < -0.39 is 7.37 Å². The molecular weight excluding hydrogens is 275 g/mol. The largest absolute Gasteiger partial charge is 0.493 e. The predicted octanol–water partition coefficient (Wildman–Crippen LogP) is 2.41. The fourth-order valence-corrected chi connectivity index (χ4v) is 2.53. The van der Waals surface area contributed by atoms with Crippen LogP contribution in [0.4, 0.5) is 0 Å². The second-order valence-electron chi connectivity index (χ2n) is 3.77. The van der Waals surface area contributed by atoms with E-state index in [1.54, 1.807) is 24.3 Å². The second-order valence-corrected chi connectivity index (χ2v) is 6.75. The molecule has 0 saturated carbocycles. The van der Waals surface area contributed by atoms with Gasteiger partial charge < -0.3 is 9.63 Å². The summed E-state index contributed by atoms with van der Waals surface area (Å²) >= 11 is 5.78. The van der Waals surface area contributed by atoms with Crippen molar-refractivity contribution >= 4 is 24.3 Å². The van der Waals surface area contributed by atoms with E-state index in [1.807, 2.05) is 0 Å². The molecule has 1 N–H and O–H groups in total. The van der Waals surface area contributed by atoms with Crippen molar-refractivity contribution in [2.24, 2.45) is 0 Å². The van der Waals surface area contributed by atoms with Crippen LogP contribution >= 0.6 is 19.0 Å². The Morgan fingerprint density at radius 1 is 1.39 bits per heavy atom. The summed E-state index contributed by atoms with van der Waals surface area (Å²) in [5, 5.41) is 14.8. The van der Waals surface area contributed by atoms with Crippen molar-refractivity contribution in [1.29, 1.82) is 0 Å². The highest BCUT2D eigenvalue weighted by atomic mass is 35.5. The number of rotatable bonds is 3. The van der Waals surface area contributed by atoms with Crippen molar-refractivity contribution in [2.75, 3.05) is 13.8 Å². The summed E-state index contributed by atoms with van der Waals surface area (Å²) in [7, 11) is -1.70. The Kier molecular flexibility index (Phi) is 3.48. The Morgan fingerprint density at radius 2 is 2.00 bits per heavy atom. The average molecular weight is 287 g/mol. The summed E-state index contributed by atoms with van der Waals surface area (Å²) in [6.45, 7) is 1.43. The van der Waals surface area contributed by atoms with Crippen molar-refractivity contribution in [3.63, 3.8) is 0 Å². The summed E-state index contributed by atoms with van der Waals surface area (Å²) in [4.78, 5) is 0. The highest BCUT2D eigenvalue weighted by Crippen LogP contribution is 2.43. The maximum absolute atomic E-state index is 12.0. The van der Waals surface area contributed by atoms with E-state index >= 15 is 0 Å². The van der Waals surface area contributed by atoms with E-state index in [9.17, 15) is 9.67 Å². The van der Waals surface area contributed by atoms with Gasteiger partial charge in [-0.1, -0.05) is 11.6 Å². The van der Waals surface area contributed by atoms with Crippen LogP contribution < -0.4 is 5.30 Å². The number of hydrogen-bond donors (Lipinski definition) is 1. The van der Waals surface area contributed by atoms with Crippen molar-refractivity contribution < 1.29 is 14.2 Å². The number of benzene rings is 1. The molecule has 0 aliphatic rings. The molecule has 1 heterocycles. The van der Waals surface area contributed by atoms with Crippen molar-refractivity contribution in [2.45, 2.75) is 0 Å². The third-order valence-electron chi connectivity index (χ3n) is 2.58. The molecule has 1 unspecified atom stereocenters. The predicted molar refractivity (Wildman–Crippen MR) is 70.4 cm³/mol. The summed E-state index contributed by atoms with van der Waals surface area (Å²) in [6, 6.07) is 6.76. The summed E-state index contributed by atoms with van der Waals surface area (Å²) in [6.07, 6.45) is 1.34. The average Bonchev–Trinajstić information content (AvgIpc) is 2.73. The van der Waals surface area contributed by atoms with Crippen molar-refractivity contribution in [3.8, 4) is 11.6 Å². The molecule has 0 aliphatic heterocycles. The fourth-order valence-electron chi connectivity index (χ4n) is 1.49. The Balaban J connectivity index is 2.49. The normalized spacial score (nSPS) is 14.4.